The first kappa shape index (κ1) is 15.8. The molecule has 0 saturated heterocycles. The molecule has 1 unspecified atom stereocenters. The standard InChI is InChI=1S/C16H25N3O2/c1-5-14(18(2)3)16-17-13-11-12(21-4)7-8-15(13)19(16)9-6-10-20/h7-8,11,14,20H,5-6,9-10H2,1-4H3. The molecule has 0 saturated carbocycles. The summed E-state index contributed by atoms with van der Waals surface area (Å²) in [4.78, 5) is 7.01. The van der Waals surface area contributed by atoms with E-state index in [-0.39, 0.29) is 12.6 Å². The number of hydrogen-bond donors (Lipinski definition) is 1. The fraction of sp³-hybridized carbons (Fsp3) is 0.562. The van der Waals surface area contributed by atoms with Gasteiger partial charge in [-0.1, -0.05) is 6.92 Å². The third kappa shape index (κ3) is 3.19. The molecule has 0 spiro atoms. The lowest BCUT2D eigenvalue weighted by Gasteiger charge is -2.23. The lowest BCUT2D eigenvalue weighted by molar-refractivity contribution is 0.261. The second kappa shape index (κ2) is 6.91. The number of ether oxygens (including phenoxy) is 1. The first-order chi connectivity index (χ1) is 10.1. The van der Waals surface area contributed by atoms with Gasteiger partial charge in [-0.3, -0.25) is 4.90 Å². The lowest BCUT2D eigenvalue weighted by Crippen LogP contribution is -2.23. The van der Waals surface area contributed by atoms with Crippen molar-refractivity contribution in [2.24, 2.45) is 0 Å². The molecule has 0 radical (unpaired) electrons. The summed E-state index contributed by atoms with van der Waals surface area (Å²) in [5, 5.41) is 9.15. The van der Waals surface area contributed by atoms with E-state index >= 15 is 0 Å². The van der Waals surface area contributed by atoms with Crippen LogP contribution in [-0.2, 0) is 6.54 Å². The fourth-order valence-corrected chi connectivity index (χ4v) is 2.75. The highest BCUT2D eigenvalue weighted by Crippen LogP contribution is 2.28. The van der Waals surface area contributed by atoms with E-state index in [0.717, 1.165) is 42.0 Å². The summed E-state index contributed by atoms with van der Waals surface area (Å²) in [7, 11) is 5.81. The number of hydrogen-bond acceptors (Lipinski definition) is 4. The Labute approximate surface area is 126 Å². The minimum atomic E-state index is 0.189. The second-order valence-corrected chi connectivity index (χ2v) is 5.44. The van der Waals surface area contributed by atoms with E-state index in [9.17, 15) is 0 Å². The Hall–Kier alpha value is -1.59. The van der Waals surface area contributed by atoms with Gasteiger partial charge in [-0.2, -0.15) is 0 Å². The SMILES string of the molecule is CCC(c1nc2cc(OC)ccc2n1CCCO)N(C)C. The van der Waals surface area contributed by atoms with Crippen LogP contribution in [0.25, 0.3) is 11.0 Å². The molecule has 5 nitrogen and oxygen atoms in total. The predicted molar refractivity (Wildman–Crippen MR) is 84.7 cm³/mol. The van der Waals surface area contributed by atoms with E-state index in [1.807, 2.05) is 18.2 Å². The molecule has 2 aromatic rings. The molecule has 116 valence electrons. The van der Waals surface area contributed by atoms with E-state index in [1.54, 1.807) is 7.11 Å². The number of aromatic nitrogens is 2. The molecule has 0 aliphatic rings. The maximum atomic E-state index is 9.15. The fourth-order valence-electron chi connectivity index (χ4n) is 2.75. The van der Waals surface area contributed by atoms with E-state index in [1.165, 1.54) is 0 Å². The summed E-state index contributed by atoms with van der Waals surface area (Å²) in [6, 6.07) is 6.24. The van der Waals surface area contributed by atoms with Crippen molar-refractivity contribution < 1.29 is 9.84 Å². The summed E-state index contributed by atoms with van der Waals surface area (Å²) in [5.74, 6) is 1.87. The molecule has 1 atom stereocenters. The summed E-state index contributed by atoms with van der Waals surface area (Å²) in [6.07, 6.45) is 1.72. The Morgan fingerprint density at radius 2 is 2.14 bits per heavy atom. The number of imidazole rings is 1. The monoisotopic (exact) mass is 291 g/mol. The minimum Gasteiger partial charge on any atom is -0.497 e. The van der Waals surface area contributed by atoms with Gasteiger partial charge in [-0.25, -0.2) is 4.98 Å². The highest BCUT2D eigenvalue weighted by Gasteiger charge is 2.20. The molecule has 1 N–H and O–H groups in total. The van der Waals surface area contributed by atoms with Crippen LogP contribution >= 0.6 is 0 Å². The zero-order valence-corrected chi connectivity index (χ0v) is 13.3. The molecule has 0 amide bonds. The van der Waals surface area contributed by atoms with Crippen LogP contribution in [0.4, 0.5) is 0 Å². The average Bonchev–Trinajstić information content (AvgIpc) is 2.82. The van der Waals surface area contributed by atoms with Crippen LogP contribution in [0, 0.1) is 0 Å². The zero-order valence-electron chi connectivity index (χ0n) is 13.3. The summed E-state index contributed by atoms with van der Waals surface area (Å²) >= 11 is 0. The van der Waals surface area contributed by atoms with Crippen LogP contribution in [0.2, 0.25) is 0 Å². The number of methoxy groups -OCH3 is 1. The van der Waals surface area contributed by atoms with Crippen LogP contribution in [0.5, 0.6) is 5.75 Å². The first-order valence-corrected chi connectivity index (χ1v) is 7.43. The number of nitrogens with zero attached hydrogens (tertiary/aromatic N) is 3. The van der Waals surface area contributed by atoms with E-state index in [4.69, 9.17) is 14.8 Å². The van der Waals surface area contributed by atoms with E-state index < -0.39 is 0 Å². The number of aliphatic hydroxyl groups is 1. The third-order valence-corrected chi connectivity index (χ3v) is 3.83. The summed E-state index contributed by atoms with van der Waals surface area (Å²) < 4.78 is 7.51. The van der Waals surface area contributed by atoms with Gasteiger partial charge in [0.25, 0.3) is 0 Å². The highest BCUT2D eigenvalue weighted by molar-refractivity contribution is 5.78. The quantitative estimate of drug-likeness (QED) is 0.851. The minimum absolute atomic E-state index is 0.189. The smallest absolute Gasteiger partial charge is 0.127 e. The second-order valence-electron chi connectivity index (χ2n) is 5.44. The van der Waals surface area contributed by atoms with Crippen LogP contribution in [0.15, 0.2) is 18.2 Å². The van der Waals surface area contributed by atoms with Gasteiger partial charge in [0.1, 0.15) is 11.6 Å². The largest absolute Gasteiger partial charge is 0.497 e. The van der Waals surface area contributed by atoms with Crippen molar-refractivity contribution in [3.05, 3.63) is 24.0 Å². The number of fused-ring (bicyclic) bond motifs is 1. The Morgan fingerprint density at radius 3 is 2.71 bits per heavy atom. The average molecular weight is 291 g/mol. The molecule has 0 aliphatic carbocycles. The Morgan fingerprint density at radius 1 is 1.38 bits per heavy atom. The van der Waals surface area contributed by atoms with Gasteiger partial charge in [0.05, 0.1) is 24.2 Å². The molecule has 5 heteroatoms. The van der Waals surface area contributed by atoms with Crippen molar-refractivity contribution >= 4 is 11.0 Å². The van der Waals surface area contributed by atoms with Crippen molar-refractivity contribution in [1.82, 2.24) is 14.5 Å². The van der Waals surface area contributed by atoms with Crippen LogP contribution in [-0.4, -0.2) is 47.4 Å². The maximum Gasteiger partial charge on any atom is 0.127 e. The highest BCUT2D eigenvalue weighted by atomic mass is 16.5. The van der Waals surface area contributed by atoms with Gasteiger partial charge in [0.2, 0.25) is 0 Å². The van der Waals surface area contributed by atoms with Gasteiger partial charge in [0, 0.05) is 19.2 Å². The number of rotatable bonds is 7. The molecule has 0 fully saturated rings. The molecule has 1 heterocycles. The maximum absolute atomic E-state index is 9.15. The van der Waals surface area contributed by atoms with Gasteiger partial charge in [-0.15, -0.1) is 0 Å². The van der Waals surface area contributed by atoms with E-state index in [0.29, 0.717) is 0 Å². The van der Waals surface area contributed by atoms with Gasteiger partial charge in [0.15, 0.2) is 0 Å². The Kier molecular flexibility index (Phi) is 5.20. The zero-order chi connectivity index (χ0) is 15.4. The molecule has 0 aliphatic heterocycles. The van der Waals surface area contributed by atoms with Crippen LogP contribution in [0.1, 0.15) is 31.6 Å². The van der Waals surface area contributed by atoms with Gasteiger partial charge in [-0.05, 0) is 39.1 Å². The molecule has 1 aromatic carbocycles. The molecular weight excluding hydrogens is 266 g/mol. The molecule has 1 aromatic heterocycles. The Balaban J connectivity index is 2.55. The molecule has 21 heavy (non-hydrogen) atoms. The van der Waals surface area contributed by atoms with E-state index in [2.05, 4.69) is 30.5 Å². The predicted octanol–water partition coefficient (Wildman–Crippen LogP) is 2.44. The molecule has 2 rings (SSSR count). The van der Waals surface area contributed by atoms with Gasteiger partial charge >= 0.3 is 0 Å². The van der Waals surface area contributed by atoms with Crippen molar-refractivity contribution in [1.29, 1.82) is 0 Å². The first-order valence-electron chi connectivity index (χ1n) is 7.43. The van der Waals surface area contributed by atoms with Crippen molar-refractivity contribution in [3.8, 4) is 5.75 Å². The topological polar surface area (TPSA) is 50.5 Å². The third-order valence-electron chi connectivity index (χ3n) is 3.83. The van der Waals surface area contributed by atoms with Crippen molar-refractivity contribution in [2.45, 2.75) is 32.4 Å². The lowest BCUT2D eigenvalue weighted by atomic mass is 10.2. The van der Waals surface area contributed by atoms with Gasteiger partial charge < -0.3 is 14.4 Å². The number of benzene rings is 1. The number of aliphatic hydroxyl groups excluding tert-OH is 1. The van der Waals surface area contributed by atoms with Crippen molar-refractivity contribution in [2.75, 3.05) is 27.8 Å². The molecular formula is C16H25N3O2. The summed E-state index contributed by atoms with van der Waals surface area (Å²) in [5.41, 5.74) is 2.04. The normalized spacial score (nSPS) is 13.0. The van der Waals surface area contributed by atoms with Crippen LogP contribution < -0.4 is 4.74 Å². The molecule has 0 bridgehead atoms. The van der Waals surface area contributed by atoms with Crippen molar-refractivity contribution in [3.63, 3.8) is 0 Å². The van der Waals surface area contributed by atoms with Crippen LogP contribution in [0.3, 0.4) is 0 Å². The Bertz CT molecular complexity index is 592. The summed E-state index contributed by atoms with van der Waals surface area (Å²) in [6.45, 7) is 3.13. The number of aryl methyl sites for hydroxylation is 1.